The first-order valence-electron chi connectivity index (χ1n) is 9.63. The van der Waals surface area contributed by atoms with Gasteiger partial charge >= 0.3 is 11.6 Å². The highest BCUT2D eigenvalue weighted by atomic mass is 28.4. The third kappa shape index (κ3) is 5.76. The zero-order valence-electron chi connectivity index (χ0n) is 17.4. The third-order valence-corrected chi connectivity index (χ3v) is 10.0. The van der Waals surface area contributed by atoms with Crippen LogP contribution in [0.15, 0.2) is 6.20 Å². The van der Waals surface area contributed by atoms with E-state index in [2.05, 4.69) is 39.0 Å². The quantitative estimate of drug-likeness (QED) is 0.280. The Balaban J connectivity index is 1.91. The molecule has 1 aromatic heterocycles. The Bertz CT molecular complexity index is 641. The summed E-state index contributed by atoms with van der Waals surface area (Å²) in [6.45, 7) is 14.6. The van der Waals surface area contributed by atoms with Crippen molar-refractivity contribution in [3.63, 3.8) is 0 Å². The molecule has 0 N–H and O–H groups in total. The molecule has 0 amide bonds. The fourth-order valence-corrected chi connectivity index (χ4v) is 3.85. The van der Waals surface area contributed by atoms with Crippen LogP contribution in [0.1, 0.15) is 53.0 Å². The largest absolute Gasteiger partial charge is 0.472 e. The molecule has 27 heavy (non-hydrogen) atoms. The summed E-state index contributed by atoms with van der Waals surface area (Å²) in [4.78, 5) is 10.9. The van der Waals surface area contributed by atoms with Gasteiger partial charge in [-0.25, -0.2) is 0 Å². The molecule has 2 atom stereocenters. The van der Waals surface area contributed by atoms with Crippen LogP contribution in [-0.2, 0) is 9.16 Å². The SMILES string of the molecule is C[C@H]1CC(n2cc([N+](=O)[O-])c(OCCCO[Si](C)(C)C(C)(C)C)n2)CCO1. The zero-order chi connectivity index (χ0) is 20.2. The minimum Gasteiger partial charge on any atom is -0.472 e. The van der Waals surface area contributed by atoms with Crippen LogP contribution in [-0.4, -0.2) is 48.9 Å². The Morgan fingerprint density at radius 2 is 2.11 bits per heavy atom. The van der Waals surface area contributed by atoms with E-state index in [0.29, 0.717) is 26.2 Å². The van der Waals surface area contributed by atoms with Crippen molar-refractivity contribution in [1.82, 2.24) is 9.78 Å². The standard InChI is InChI=1S/C18H33N3O5Si/c1-14-12-15(8-11-24-14)20-13-16(21(22)23)17(19-20)25-9-7-10-26-27(5,6)18(2,3)4/h13-15H,7-12H2,1-6H3/t14-,15?/m0/s1. The van der Waals surface area contributed by atoms with Gasteiger partial charge in [-0.2, -0.15) is 0 Å². The molecule has 1 aliphatic heterocycles. The van der Waals surface area contributed by atoms with Gasteiger partial charge < -0.3 is 13.9 Å². The second kappa shape index (κ2) is 8.70. The summed E-state index contributed by atoms with van der Waals surface area (Å²) in [6, 6.07) is 0.103. The van der Waals surface area contributed by atoms with Gasteiger partial charge in [0, 0.05) is 19.6 Å². The number of hydrogen-bond donors (Lipinski definition) is 0. The van der Waals surface area contributed by atoms with Crippen molar-refractivity contribution in [2.24, 2.45) is 0 Å². The van der Waals surface area contributed by atoms with E-state index in [0.717, 1.165) is 12.8 Å². The van der Waals surface area contributed by atoms with E-state index < -0.39 is 13.2 Å². The van der Waals surface area contributed by atoms with Gasteiger partial charge in [-0.05, 0) is 37.9 Å². The van der Waals surface area contributed by atoms with Crippen molar-refractivity contribution in [3.05, 3.63) is 16.3 Å². The lowest BCUT2D eigenvalue weighted by atomic mass is 10.1. The zero-order valence-corrected chi connectivity index (χ0v) is 18.4. The Morgan fingerprint density at radius 3 is 2.70 bits per heavy atom. The van der Waals surface area contributed by atoms with E-state index in [4.69, 9.17) is 13.9 Å². The smallest absolute Gasteiger partial charge is 0.350 e. The first-order chi connectivity index (χ1) is 12.5. The molecule has 0 radical (unpaired) electrons. The summed E-state index contributed by atoms with van der Waals surface area (Å²) < 4.78 is 18.9. The summed E-state index contributed by atoms with van der Waals surface area (Å²) in [7, 11) is -1.78. The van der Waals surface area contributed by atoms with E-state index in [-0.39, 0.29) is 28.8 Å². The minimum absolute atomic E-state index is 0.0838. The predicted molar refractivity (Wildman–Crippen MR) is 106 cm³/mol. The lowest BCUT2D eigenvalue weighted by Gasteiger charge is -2.36. The molecule has 0 spiro atoms. The second-order valence-corrected chi connectivity index (χ2v) is 13.5. The summed E-state index contributed by atoms with van der Waals surface area (Å²) >= 11 is 0. The fourth-order valence-electron chi connectivity index (χ4n) is 2.77. The van der Waals surface area contributed by atoms with Gasteiger partial charge in [0.25, 0.3) is 0 Å². The molecule has 1 aromatic rings. The molecule has 0 saturated carbocycles. The molecule has 1 fully saturated rings. The first kappa shape index (κ1) is 21.8. The number of aromatic nitrogens is 2. The number of nitro groups is 1. The Kier molecular flexibility index (Phi) is 7.04. The number of ether oxygens (including phenoxy) is 2. The van der Waals surface area contributed by atoms with Crippen LogP contribution in [0.3, 0.4) is 0 Å². The van der Waals surface area contributed by atoms with Gasteiger partial charge in [0.05, 0.1) is 23.7 Å². The maximum absolute atomic E-state index is 11.3. The van der Waals surface area contributed by atoms with Gasteiger partial charge in [0.15, 0.2) is 8.32 Å². The number of nitrogens with zero attached hydrogens (tertiary/aromatic N) is 3. The third-order valence-electron chi connectivity index (χ3n) is 5.50. The van der Waals surface area contributed by atoms with Crippen molar-refractivity contribution in [3.8, 4) is 5.88 Å². The van der Waals surface area contributed by atoms with Crippen molar-refractivity contribution < 1.29 is 18.8 Å². The lowest BCUT2D eigenvalue weighted by Crippen LogP contribution is -2.41. The minimum atomic E-state index is -1.78. The molecule has 2 heterocycles. The summed E-state index contributed by atoms with van der Waals surface area (Å²) in [5, 5.41) is 15.8. The number of rotatable bonds is 8. The normalized spacial score (nSPS) is 21.3. The average Bonchev–Trinajstić information content (AvgIpc) is 2.98. The van der Waals surface area contributed by atoms with Crippen molar-refractivity contribution in [2.75, 3.05) is 19.8 Å². The molecule has 1 saturated heterocycles. The Hall–Kier alpha value is -1.45. The lowest BCUT2D eigenvalue weighted by molar-refractivity contribution is -0.386. The van der Waals surface area contributed by atoms with Crippen LogP contribution in [0.25, 0.3) is 0 Å². The highest BCUT2D eigenvalue weighted by molar-refractivity contribution is 6.74. The maximum Gasteiger partial charge on any atom is 0.350 e. The molecular formula is C18H33N3O5Si. The van der Waals surface area contributed by atoms with Gasteiger partial charge in [-0.15, -0.1) is 5.10 Å². The molecule has 1 unspecified atom stereocenters. The van der Waals surface area contributed by atoms with Crippen molar-refractivity contribution in [1.29, 1.82) is 0 Å². The van der Waals surface area contributed by atoms with E-state index in [1.807, 2.05) is 6.92 Å². The molecule has 2 rings (SSSR count). The van der Waals surface area contributed by atoms with E-state index in [9.17, 15) is 10.1 Å². The molecule has 8 nitrogen and oxygen atoms in total. The van der Waals surface area contributed by atoms with Crippen LogP contribution in [0.5, 0.6) is 5.88 Å². The molecule has 9 heteroatoms. The van der Waals surface area contributed by atoms with E-state index in [1.165, 1.54) is 6.20 Å². The van der Waals surface area contributed by atoms with Crippen molar-refractivity contribution in [2.45, 2.75) is 77.2 Å². The molecule has 0 aliphatic carbocycles. The topological polar surface area (TPSA) is 88.7 Å². The van der Waals surface area contributed by atoms with Crippen LogP contribution >= 0.6 is 0 Å². The molecule has 1 aliphatic rings. The Labute approximate surface area is 162 Å². The van der Waals surface area contributed by atoms with Gasteiger partial charge in [-0.1, -0.05) is 20.8 Å². The summed E-state index contributed by atoms with van der Waals surface area (Å²) in [5.41, 5.74) is -0.0838. The summed E-state index contributed by atoms with van der Waals surface area (Å²) in [5.74, 6) is 0.0893. The van der Waals surface area contributed by atoms with E-state index in [1.54, 1.807) is 4.68 Å². The van der Waals surface area contributed by atoms with Crippen LogP contribution in [0.2, 0.25) is 18.1 Å². The highest BCUT2D eigenvalue weighted by Crippen LogP contribution is 2.36. The monoisotopic (exact) mass is 399 g/mol. The van der Waals surface area contributed by atoms with Crippen LogP contribution < -0.4 is 4.74 Å². The average molecular weight is 400 g/mol. The Morgan fingerprint density at radius 1 is 1.41 bits per heavy atom. The van der Waals surface area contributed by atoms with Crippen molar-refractivity contribution >= 4 is 14.0 Å². The van der Waals surface area contributed by atoms with Crippen LogP contribution in [0.4, 0.5) is 5.69 Å². The maximum atomic E-state index is 11.3. The fraction of sp³-hybridized carbons (Fsp3) is 0.833. The second-order valence-electron chi connectivity index (χ2n) is 8.73. The molecule has 0 aromatic carbocycles. The van der Waals surface area contributed by atoms with Gasteiger partial charge in [0.1, 0.15) is 6.20 Å². The van der Waals surface area contributed by atoms with Crippen LogP contribution in [0, 0.1) is 10.1 Å². The molecular weight excluding hydrogens is 366 g/mol. The first-order valence-corrected chi connectivity index (χ1v) is 12.5. The predicted octanol–water partition coefficient (Wildman–Crippen LogP) is 4.32. The van der Waals surface area contributed by atoms with Gasteiger partial charge in [0.2, 0.25) is 0 Å². The van der Waals surface area contributed by atoms with Gasteiger partial charge in [-0.3, -0.25) is 14.8 Å². The number of hydrogen-bond acceptors (Lipinski definition) is 6. The van der Waals surface area contributed by atoms with E-state index >= 15 is 0 Å². The summed E-state index contributed by atoms with van der Waals surface area (Å²) in [6.07, 6.45) is 3.86. The molecule has 0 bridgehead atoms. The molecule has 154 valence electrons. The highest BCUT2D eigenvalue weighted by Gasteiger charge is 2.36.